The Hall–Kier alpha value is -1.92. The molecule has 0 fully saturated rings. The van der Waals surface area contributed by atoms with Gasteiger partial charge in [-0.2, -0.15) is 0 Å². The molecule has 0 aliphatic carbocycles. The van der Waals surface area contributed by atoms with Crippen molar-refractivity contribution in [3.05, 3.63) is 35.9 Å². The van der Waals surface area contributed by atoms with Crippen molar-refractivity contribution < 1.29 is 19.8 Å². The number of carbonyl (C=O) groups is 2. The van der Waals surface area contributed by atoms with Gasteiger partial charge in [-0.3, -0.25) is 4.79 Å². The van der Waals surface area contributed by atoms with Gasteiger partial charge in [-0.15, -0.1) is 0 Å². The fourth-order valence-corrected chi connectivity index (χ4v) is 1.61. The molecule has 0 saturated carbocycles. The highest BCUT2D eigenvalue weighted by molar-refractivity contribution is 5.90. The molecule has 0 radical (unpaired) electrons. The monoisotopic (exact) mass is 266 g/mol. The van der Waals surface area contributed by atoms with Crippen molar-refractivity contribution >= 4 is 11.9 Å². The van der Waals surface area contributed by atoms with Gasteiger partial charge in [0.1, 0.15) is 11.6 Å². The Bertz CT molecular complexity index is 445. The van der Waals surface area contributed by atoms with Gasteiger partial charge in [0.25, 0.3) is 0 Å². The summed E-state index contributed by atoms with van der Waals surface area (Å²) in [5.41, 5.74) is 5.21. The summed E-state index contributed by atoms with van der Waals surface area (Å²) in [5, 5.41) is 20.0. The Morgan fingerprint density at radius 1 is 1.37 bits per heavy atom. The number of nitrogens with two attached hydrogens (primary N) is 1. The van der Waals surface area contributed by atoms with Gasteiger partial charge in [-0.05, 0) is 12.5 Å². The molecule has 0 bridgehead atoms. The Labute approximate surface area is 111 Å². The summed E-state index contributed by atoms with van der Waals surface area (Å²) in [5.74, 6) is -1.80. The third-order valence-corrected chi connectivity index (χ3v) is 2.87. The molecule has 0 saturated heterocycles. The maximum absolute atomic E-state index is 12.1. The quantitative estimate of drug-likeness (QED) is 0.570. The average molecular weight is 266 g/mol. The number of carboxylic acids is 1. The molecule has 1 aromatic carbocycles. The molecule has 0 heterocycles. The smallest absolute Gasteiger partial charge is 0.326 e. The van der Waals surface area contributed by atoms with Crippen LogP contribution in [0.25, 0.3) is 0 Å². The van der Waals surface area contributed by atoms with Gasteiger partial charge < -0.3 is 21.3 Å². The molecule has 0 aromatic heterocycles. The van der Waals surface area contributed by atoms with Crippen molar-refractivity contribution in [1.29, 1.82) is 0 Å². The van der Waals surface area contributed by atoms with Crippen LogP contribution < -0.4 is 11.1 Å². The lowest BCUT2D eigenvalue weighted by atomic mass is 9.92. The lowest BCUT2D eigenvalue weighted by Crippen LogP contribution is -2.54. The minimum absolute atomic E-state index is 0.0635. The van der Waals surface area contributed by atoms with Crippen molar-refractivity contribution in [1.82, 2.24) is 5.32 Å². The summed E-state index contributed by atoms with van der Waals surface area (Å²) in [6.07, 6.45) is -0.0635. The molecule has 0 spiro atoms. The van der Waals surface area contributed by atoms with E-state index >= 15 is 0 Å². The normalized spacial score (nSPS) is 15.3. The lowest BCUT2D eigenvalue weighted by Gasteiger charge is -2.26. The zero-order valence-electron chi connectivity index (χ0n) is 10.7. The molecular formula is C13H18N2O4. The van der Waals surface area contributed by atoms with Crippen LogP contribution in [0.3, 0.4) is 0 Å². The molecule has 19 heavy (non-hydrogen) atoms. The van der Waals surface area contributed by atoms with Crippen LogP contribution in [0.15, 0.2) is 30.3 Å². The Kier molecular flexibility index (Phi) is 5.02. The molecule has 6 nitrogen and oxygen atoms in total. The number of nitrogens with one attached hydrogen (secondary N) is 1. The first kappa shape index (κ1) is 15.1. The predicted molar refractivity (Wildman–Crippen MR) is 69.3 cm³/mol. The van der Waals surface area contributed by atoms with E-state index in [-0.39, 0.29) is 13.0 Å². The summed E-state index contributed by atoms with van der Waals surface area (Å²) < 4.78 is 0. The number of carboxylic acid groups (broad SMARTS) is 1. The summed E-state index contributed by atoms with van der Waals surface area (Å²) in [7, 11) is 0. The molecule has 2 atom stereocenters. The fourth-order valence-electron chi connectivity index (χ4n) is 1.61. The lowest BCUT2D eigenvalue weighted by molar-refractivity contribution is -0.143. The maximum Gasteiger partial charge on any atom is 0.326 e. The highest BCUT2D eigenvalue weighted by Gasteiger charge is 2.33. The first-order valence-electron chi connectivity index (χ1n) is 5.88. The van der Waals surface area contributed by atoms with Crippen LogP contribution in [0.4, 0.5) is 0 Å². The third-order valence-electron chi connectivity index (χ3n) is 2.87. The van der Waals surface area contributed by atoms with Crippen LogP contribution in [-0.4, -0.2) is 34.7 Å². The second-order valence-electron chi connectivity index (χ2n) is 4.44. The molecule has 1 rings (SSSR count). The number of aliphatic hydroxyl groups excluding tert-OH is 1. The minimum Gasteiger partial charge on any atom is -0.480 e. The Morgan fingerprint density at radius 2 is 1.95 bits per heavy atom. The van der Waals surface area contributed by atoms with Crippen molar-refractivity contribution in [3.63, 3.8) is 0 Å². The Morgan fingerprint density at radius 3 is 2.42 bits per heavy atom. The SMILES string of the molecule is CC(N)(C(=O)NC(CCO)C(=O)O)c1ccccc1. The molecule has 2 unspecified atom stereocenters. The maximum atomic E-state index is 12.1. The number of amides is 1. The van der Waals surface area contributed by atoms with Gasteiger partial charge in [-0.25, -0.2) is 4.79 Å². The van der Waals surface area contributed by atoms with Crippen molar-refractivity contribution in [2.45, 2.75) is 24.9 Å². The van der Waals surface area contributed by atoms with Crippen LogP contribution in [0.2, 0.25) is 0 Å². The molecule has 0 aliphatic rings. The molecular weight excluding hydrogens is 248 g/mol. The summed E-state index contributed by atoms with van der Waals surface area (Å²) in [4.78, 5) is 23.0. The van der Waals surface area contributed by atoms with Gasteiger partial charge in [0.15, 0.2) is 0 Å². The van der Waals surface area contributed by atoms with Gasteiger partial charge in [0.05, 0.1) is 0 Å². The van der Waals surface area contributed by atoms with Gasteiger partial charge in [0.2, 0.25) is 5.91 Å². The number of aliphatic carboxylic acids is 1. The Balaban J connectivity index is 2.84. The molecule has 104 valence electrons. The van der Waals surface area contributed by atoms with E-state index in [1.807, 2.05) is 0 Å². The van der Waals surface area contributed by atoms with Gasteiger partial charge >= 0.3 is 5.97 Å². The third kappa shape index (κ3) is 3.77. The van der Waals surface area contributed by atoms with Crippen LogP contribution >= 0.6 is 0 Å². The van der Waals surface area contributed by atoms with Crippen molar-refractivity contribution in [3.8, 4) is 0 Å². The van der Waals surface area contributed by atoms with Crippen molar-refractivity contribution in [2.24, 2.45) is 5.73 Å². The van der Waals surface area contributed by atoms with Gasteiger partial charge in [-0.1, -0.05) is 30.3 Å². The average Bonchev–Trinajstić information content (AvgIpc) is 2.38. The fraction of sp³-hybridized carbons (Fsp3) is 0.385. The van der Waals surface area contributed by atoms with E-state index in [2.05, 4.69) is 5.32 Å². The molecule has 1 aromatic rings. The van der Waals surface area contributed by atoms with E-state index in [4.69, 9.17) is 15.9 Å². The van der Waals surface area contributed by atoms with Crippen LogP contribution in [0, 0.1) is 0 Å². The molecule has 5 N–H and O–H groups in total. The van der Waals surface area contributed by atoms with Crippen LogP contribution in [-0.2, 0) is 15.1 Å². The summed E-state index contributed by atoms with van der Waals surface area (Å²) in [6.45, 7) is 1.18. The highest BCUT2D eigenvalue weighted by atomic mass is 16.4. The number of rotatable bonds is 6. The second-order valence-corrected chi connectivity index (χ2v) is 4.44. The number of carbonyl (C=O) groups excluding carboxylic acids is 1. The highest BCUT2D eigenvalue weighted by Crippen LogP contribution is 2.17. The number of hydrogen-bond donors (Lipinski definition) is 4. The predicted octanol–water partition coefficient (Wildman–Crippen LogP) is -0.188. The zero-order valence-corrected chi connectivity index (χ0v) is 10.7. The molecule has 0 aliphatic heterocycles. The second kappa shape index (κ2) is 6.31. The van der Waals surface area contributed by atoms with Crippen LogP contribution in [0.5, 0.6) is 0 Å². The van der Waals surface area contributed by atoms with Crippen molar-refractivity contribution in [2.75, 3.05) is 6.61 Å². The van der Waals surface area contributed by atoms with Crippen LogP contribution in [0.1, 0.15) is 18.9 Å². The zero-order chi connectivity index (χ0) is 14.5. The van der Waals surface area contributed by atoms with E-state index in [0.29, 0.717) is 5.56 Å². The first-order chi connectivity index (χ1) is 8.89. The largest absolute Gasteiger partial charge is 0.480 e. The first-order valence-corrected chi connectivity index (χ1v) is 5.88. The standard InChI is InChI=1S/C13H18N2O4/c1-13(14,9-5-3-2-4-6-9)12(19)15-10(7-8-16)11(17)18/h2-6,10,16H,7-8,14H2,1H3,(H,15,19)(H,17,18). The summed E-state index contributed by atoms with van der Waals surface area (Å²) in [6, 6.07) is 7.53. The van der Waals surface area contributed by atoms with E-state index < -0.39 is 23.5 Å². The van der Waals surface area contributed by atoms with E-state index in [0.717, 1.165) is 0 Å². The number of benzene rings is 1. The van der Waals surface area contributed by atoms with E-state index in [1.165, 1.54) is 6.92 Å². The molecule has 6 heteroatoms. The topological polar surface area (TPSA) is 113 Å². The summed E-state index contributed by atoms with van der Waals surface area (Å²) >= 11 is 0. The van der Waals surface area contributed by atoms with Gasteiger partial charge in [0, 0.05) is 13.0 Å². The minimum atomic E-state index is -1.33. The number of aliphatic hydroxyl groups is 1. The van der Waals surface area contributed by atoms with E-state index in [1.54, 1.807) is 30.3 Å². The van der Waals surface area contributed by atoms with E-state index in [9.17, 15) is 9.59 Å². The molecule has 1 amide bonds. The number of hydrogen-bond acceptors (Lipinski definition) is 4.